The molecular weight excluding hydrogens is 240 g/mol. The van der Waals surface area contributed by atoms with Gasteiger partial charge in [-0.3, -0.25) is 0 Å². The van der Waals surface area contributed by atoms with Gasteiger partial charge in [-0.1, -0.05) is 18.6 Å². The number of rotatable bonds is 3. The molecule has 1 N–H and O–H groups in total. The highest BCUT2D eigenvalue weighted by molar-refractivity contribution is 5.78. The van der Waals surface area contributed by atoms with Gasteiger partial charge in [0.15, 0.2) is 0 Å². The molecule has 0 amide bonds. The van der Waals surface area contributed by atoms with Gasteiger partial charge in [-0.25, -0.2) is 4.79 Å². The summed E-state index contributed by atoms with van der Waals surface area (Å²) in [7, 11) is 0. The molecule has 1 aliphatic carbocycles. The highest BCUT2D eigenvalue weighted by Crippen LogP contribution is 2.36. The second-order valence-electron chi connectivity index (χ2n) is 5.62. The van der Waals surface area contributed by atoms with Crippen molar-refractivity contribution in [1.82, 2.24) is 0 Å². The minimum absolute atomic E-state index is 0.606. The molecular formula is C16H22O3. The van der Waals surface area contributed by atoms with Crippen LogP contribution in [0.3, 0.4) is 0 Å². The zero-order valence-electron chi connectivity index (χ0n) is 12.0. The van der Waals surface area contributed by atoms with Crippen molar-refractivity contribution in [3.05, 3.63) is 28.8 Å². The number of carboxylic acid groups (broad SMARTS) is 1. The Morgan fingerprint density at radius 1 is 1.11 bits per heavy atom. The highest BCUT2D eigenvalue weighted by atomic mass is 16.5. The third-order valence-corrected chi connectivity index (χ3v) is 4.22. The van der Waals surface area contributed by atoms with Crippen molar-refractivity contribution < 1.29 is 14.6 Å². The summed E-state index contributed by atoms with van der Waals surface area (Å²) in [6.07, 6.45) is 4.17. The molecule has 0 heterocycles. The van der Waals surface area contributed by atoms with Crippen LogP contribution < -0.4 is 4.74 Å². The lowest BCUT2D eigenvalue weighted by Crippen LogP contribution is -2.46. The zero-order chi connectivity index (χ0) is 14.0. The molecule has 1 fully saturated rings. The van der Waals surface area contributed by atoms with Crippen molar-refractivity contribution in [3.63, 3.8) is 0 Å². The summed E-state index contributed by atoms with van der Waals surface area (Å²) in [5, 5.41) is 9.58. The molecule has 0 spiro atoms. The zero-order valence-corrected chi connectivity index (χ0v) is 12.0. The molecule has 0 bridgehead atoms. The molecule has 0 aliphatic heterocycles. The van der Waals surface area contributed by atoms with E-state index >= 15 is 0 Å². The molecule has 0 atom stereocenters. The maximum Gasteiger partial charge on any atom is 0.348 e. The third-order valence-electron chi connectivity index (χ3n) is 4.22. The monoisotopic (exact) mass is 262 g/mol. The molecule has 0 saturated heterocycles. The van der Waals surface area contributed by atoms with E-state index in [1.807, 2.05) is 32.9 Å². The van der Waals surface area contributed by atoms with Crippen LogP contribution in [0.2, 0.25) is 0 Å². The summed E-state index contributed by atoms with van der Waals surface area (Å²) in [5.74, 6) is -0.0724. The maximum absolute atomic E-state index is 11.7. The number of ether oxygens (including phenoxy) is 1. The van der Waals surface area contributed by atoms with Crippen LogP contribution >= 0.6 is 0 Å². The molecule has 1 saturated carbocycles. The highest BCUT2D eigenvalue weighted by Gasteiger charge is 2.42. The second kappa shape index (κ2) is 5.24. The number of hydrogen-bond acceptors (Lipinski definition) is 2. The van der Waals surface area contributed by atoms with Crippen LogP contribution in [-0.2, 0) is 4.79 Å². The predicted molar refractivity (Wildman–Crippen MR) is 74.7 cm³/mol. The predicted octanol–water partition coefficient (Wildman–Crippen LogP) is 3.78. The molecule has 0 unspecified atom stereocenters. The largest absolute Gasteiger partial charge is 0.478 e. The Balaban J connectivity index is 2.37. The third kappa shape index (κ3) is 2.60. The van der Waals surface area contributed by atoms with Gasteiger partial charge in [-0.15, -0.1) is 0 Å². The summed E-state index contributed by atoms with van der Waals surface area (Å²) in [5.41, 5.74) is 2.17. The molecule has 19 heavy (non-hydrogen) atoms. The Hall–Kier alpha value is -1.51. The van der Waals surface area contributed by atoms with Crippen molar-refractivity contribution in [2.75, 3.05) is 0 Å². The summed E-state index contributed by atoms with van der Waals surface area (Å²) in [6, 6.07) is 4.04. The first-order chi connectivity index (χ1) is 8.96. The van der Waals surface area contributed by atoms with Gasteiger partial charge in [0.05, 0.1) is 0 Å². The van der Waals surface area contributed by atoms with Crippen LogP contribution in [0.4, 0.5) is 0 Å². The Bertz CT molecular complexity index is 485. The van der Waals surface area contributed by atoms with E-state index < -0.39 is 11.6 Å². The fourth-order valence-electron chi connectivity index (χ4n) is 2.76. The van der Waals surface area contributed by atoms with Crippen LogP contribution in [0.1, 0.15) is 48.8 Å². The molecule has 0 radical (unpaired) electrons. The number of aliphatic carboxylic acids is 1. The standard InChI is InChI=1S/C16H22O3/c1-11-7-8-12(2)14(13(11)3)19-16(15(17)18)9-5-4-6-10-16/h7-8H,4-6,9-10H2,1-3H3,(H,17,18). The first-order valence-electron chi connectivity index (χ1n) is 6.95. The van der Waals surface area contributed by atoms with E-state index in [0.717, 1.165) is 41.7 Å². The SMILES string of the molecule is Cc1ccc(C)c(OC2(C(=O)O)CCCCC2)c1C. The Morgan fingerprint density at radius 2 is 1.68 bits per heavy atom. The minimum atomic E-state index is -1.03. The van der Waals surface area contributed by atoms with Gasteiger partial charge in [-0.05, 0) is 63.1 Å². The number of carboxylic acids is 1. The van der Waals surface area contributed by atoms with Gasteiger partial charge >= 0.3 is 5.97 Å². The van der Waals surface area contributed by atoms with Crippen LogP contribution in [0.15, 0.2) is 12.1 Å². The van der Waals surface area contributed by atoms with Crippen molar-refractivity contribution in [3.8, 4) is 5.75 Å². The minimum Gasteiger partial charge on any atom is -0.478 e. The van der Waals surface area contributed by atoms with Gasteiger partial charge in [0, 0.05) is 0 Å². The number of carbonyl (C=O) groups is 1. The van der Waals surface area contributed by atoms with E-state index in [4.69, 9.17) is 4.74 Å². The van der Waals surface area contributed by atoms with Crippen LogP contribution in [0.25, 0.3) is 0 Å². The lowest BCUT2D eigenvalue weighted by atomic mass is 9.84. The summed E-state index contributed by atoms with van der Waals surface area (Å²) < 4.78 is 6.05. The van der Waals surface area contributed by atoms with E-state index in [0.29, 0.717) is 12.8 Å². The van der Waals surface area contributed by atoms with Gasteiger partial charge in [0.25, 0.3) is 0 Å². The summed E-state index contributed by atoms with van der Waals surface area (Å²) >= 11 is 0. The van der Waals surface area contributed by atoms with Crippen molar-refractivity contribution in [2.45, 2.75) is 58.5 Å². The fraction of sp³-hybridized carbons (Fsp3) is 0.562. The van der Waals surface area contributed by atoms with Crippen molar-refractivity contribution in [2.24, 2.45) is 0 Å². The van der Waals surface area contributed by atoms with Crippen LogP contribution in [-0.4, -0.2) is 16.7 Å². The van der Waals surface area contributed by atoms with Crippen LogP contribution in [0, 0.1) is 20.8 Å². The van der Waals surface area contributed by atoms with Gasteiger partial charge < -0.3 is 9.84 Å². The normalized spacial score (nSPS) is 18.1. The van der Waals surface area contributed by atoms with E-state index in [9.17, 15) is 9.90 Å². The molecule has 104 valence electrons. The van der Waals surface area contributed by atoms with E-state index in [1.165, 1.54) is 0 Å². The van der Waals surface area contributed by atoms with E-state index in [2.05, 4.69) is 0 Å². The Labute approximate surface area is 114 Å². The Kier molecular flexibility index (Phi) is 3.83. The van der Waals surface area contributed by atoms with E-state index in [1.54, 1.807) is 0 Å². The molecule has 3 heteroatoms. The first-order valence-corrected chi connectivity index (χ1v) is 6.95. The van der Waals surface area contributed by atoms with Crippen LogP contribution in [0.5, 0.6) is 5.75 Å². The van der Waals surface area contributed by atoms with Gasteiger partial charge in [0.1, 0.15) is 5.75 Å². The van der Waals surface area contributed by atoms with Crippen molar-refractivity contribution in [1.29, 1.82) is 0 Å². The first kappa shape index (κ1) is 13.9. The lowest BCUT2D eigenvalue weighted by molar-refractivity contribution is -0.158. The molecule has 2 rings (SSSR count). The quantitative estimate of drug-likeness (QED) is 0.901. The van der Waals surface area contributed by atoms with E-state index in [-0.39, 0.29) is 0 Å². The molecule has 1 aromatic carbocycles. The van der Waals surface area contributed by atoms with Gasteiger partial charge in [0.2, 0.25) is 5.60 Å². The average molecular weight is 262 g/mol. The Morgan fingerprint density at radius 3 is 2.26 bits per heavy atom. The summed E-state index contributed by atoms with van der Waals surface area (Å²) in [6.45, 7) is 5.99. The molecule has 1 aromatic rings. The number of aryl methyl sites for hydroxylation is 2. The molecule has 0 aromatic heterocycles. The number of hydrogen-bond donors (Lipinski definition) is 1. The number of benzene rings is 1. The lowest BCUT2D eigenvalue weighted by Gasteiger charge is -2.35. The smallest absolute Gasteiger partial charge is 0.348 e. The topological polar surface area (TPSA) is 46.5 Å². The average Bonchev–Trinajstić information content (AvgIpc) is 2.40. The maximum atomic E-state index is 11.7. The molecule has 1 aliphatic rings. The molecule has 3 nitrogen and oxygen atoms in total. The van der Waals surface area contributed by atoms with Crippen molar-refractivity contribution >= 4 is 5.97 Å². The van der Waals surface area contributed by atoms with Gasteiger partial charge in [-0.2, -0.15) is 0 Å². The summed E-state index contributed by atoms with van der Waals surface area (Å²) in [4.78, 5) is 11.7. The fourth-order valence-corrected chi connectivity index (χ4v) is 2.76. The second-order valence-corrected chi connectivity index (χ2v) is 5.62.